The van der Waals surface area contributed by atoms with E-state index < -0.39 is 28.9 Å². The second-order valence-electron chi connectivity index (χ2n) is 9.88. The summed E-state index contributed by atoms with van der Waals surface area (Å²) in [5, 5.41) is 4.43. The minimum atomic E-state index is -4.91. The van der Waals surface area contributed by atoms with Crippen molar-refractivity contribution in [2.45, 2.75) is 63.8 Å². The van der Waals surface area contributed by atoms with Crippen LogP contribution in [0.1, 0.15) is 72.1 Å². The maximum atomic E-state index is 15.1. The number of hydrogen-bond acceptors (Lipinski definition) is 6. The third-order valence-corrected chi connectivity index (χ3v) is 7.13. The third-order valence-electron chi connectivity index (χ3n) is 7.13. The average molecular weight is 531 g/mol. The molecule has 0 amide bonds. The first-order valence-corrected chi connectivity index (χ1v) is 12.3. The lowest BCUT2D eigenvalue weighted by Gasteiger charge is -2.28. The second-order valence-corrected chi connectivity index (χ2v) is 9.88. The van der Waals surface area contributed by atoms with Crippen LogP contribution >= 0.6 is 0 Å². The highest BCUT2D eigenvalue weighted by atomic mass is 19.4. The van der Waals surface area contributed by atoms with Crippen LogP contribution in [-0.4, -0.2) is 36.3 Å². The number of rotatable bonds is 4. The molecule has 2 fully saturated rings. The molecule has 4 heterocycles. The Hall–Kier alpha value is -3.54. The van der Waals surface area contributed by atoms with Crippen molar-refractivity contribution in [2.24, 2.45) is 0 Å². The molecule has 7 nitrogen and oxygen atoms in total. The quantitative estimate of drug-likeness (QED) is 0.294. The van der Waals surface area contributed by atoms with Gasteiger partial charge in [-0.2, -0.15) is 18.3 Å². The number of benzene rings is 1. The van der Waals surface area contributed by atoms with Crippen molar-refractivity contribution >= 4 is 11.2 Å². The zero-order valence-corrected chi connectivity index (χ0v) is 20.6. The first-order chi connectivity index (χ1) is 18.1. The summed E-state index contributed by atoms with van der Waals surface area (Å²) in [6, 6.07) is 0.957. The van der Waals surface area contributed by atoms with E-state index in [1.54, 1.807) is 20.0 Å². The fourth-order valence-corrected chi connectivity index (χ4v) is 4.77. The molecule has 3 aromatic heterocycles. The fourth-order valence-electron chi connectivity index (χ4n) is 4.77. The third kappa shape index (κ3) is 4.50. The van der Waals surface area contributed by atoms with Gasteiger partial charge in [-0.3, -0.25) is 4.68 Å². The lowest BCUT2D eigenvalue weighted by atomic mass is 9.92. The predicted molar refractivity (Wildman–Crippen MR) is 126 cm³/mol. The zero-order chi connectivity index (χ0) is 26.8. The average Bonchev–Trinajstić information content (AvgIpc) is 3.60. The summed E-state index contributed by atoms with van der Waals surface area (Å²) in [6.45, 7) is 3.80. The second kappa shape index (κ2) is 9.04. The maximum Gasteiger partial charge on any atom is 0.416 e. The highest BCUT2D eigenvalue weighted by Gasteiger charge is 2.35. The standard InChI is InChI=1S/C26H23F5N6O/c1-12-13(2)34-25-23(33-12)22(21-18(27)8-16(9-19(21)28)26(29,30)31)35-24(36-25)14-5-6-38-20(7-14)15-10-32-37(11-15)17-3-4-17/h8-11,14,17,20H,3-7H2,1-2H3/t14-,20-/m1/s1. The van der Waals surface area contributed by atoms with Crippen molar-refractivity contribution in [2.75, 3.05) is 6.61 Å². The molecule has 0 spiro atoms. The van der Waals surface area contributed by atoms with E-state index in [1.807, 2.05) is 10.9 Å². The number of fused-ring (bicyclic) bond motifs is 1. The monoisotopic (exact) mass is 530 g/mol. The van der Waals surface area contributed by atoms with Crippen LogP contribution in [0.2, 0.25) is 0 Å². The molecule has 4 aromatic rings. The van der Waals surface area contributed by atoms with Crippen LogP contribution < -0.4 is 0 Å². The van der Waals surface area contributed by atoms with Gasteiger partial charge >= 0.3 is 6.18 Å². The van der Waals surface area contributed by atoms with Gasteiger partial charge in [-0.1, -0.05) is 0 Å². The number of hydrogen-bond donors (Lipinski definition) is 0. The molecule has 1 aliphatic heterocycles. The molecule has 1 saturated carbocycles. The Kier molecular flexibility index (Phi) is 5.89. The van der Waals surface area contributed by atoms with E-state index in [-0.39, 0.29) is 46.8 Å². The highest BCUT2D eigenvalue weighted by molar-refractivity contribution is 5.87. The van der Waals surface area contributed by atoms with Gasteiger partial charge in [0.15, 0.2) is 5.65 Å². The van der Waals surface area contributed by atoms with Crippen molar-refractivity contribution in [3.05, 3.63) is 64.5 Å². The van der Waals surface area contributed by atoms with Gasteiger partial charge in [-0.15, -0.1) is 0 Å². The van der Waals surface area contributed by atoms with Crippen LogP contribution in [0.25, 0.3) is 22.4 Å². The molecule has 0 bridgehead atoms. The van der Waals surface area contributed by atoms with Gasteiger partial charge in [-0.25, -0.2) is 28.7 Å². The lowest BCUT2D eigenvalue weighted by Crippen LogP contribution is -2.21. The van der Waals surface area contributed by atoms with E-state index in [0.717, 1.165) is 18.4 Å². The van der Waals surface area contributed by atoms with E-state index in [2.05, 4.69) is 25.0 Å². The van der Waals surface area contributed by atoms with Crippen molar-refractivity contribution in [3.8, 4) is 11.3 Å². The summed E-state index contributed by atoms with van der Waals surface area (Å²) in [6.07, 6.45) is 1.82. The molecular formula is C26H23F5N6O. The summed E-state index contributed by atoms with van der Waals surface area (Å²) in [5.41, 5.74) is -0.228. The number of nitrogens with zero attached hydrogens (tertiary/aromatic N) is 6. The Labute approximate surface area is 214 Å². The van der Waals surface area contributed by atoms with E-state index >= 15 is 8.78 Å². The Balaban J connectivity index is 1.44. The molecule has 2 aliphatic rings. The first-order valence-electron chi connectivity index (χ1n) is 12.3. The number of alkyl halides is 3. The molecule has 1 aliphatic carbocycles. The molecule has 1 aromatic carbocycles. The molecule has 12 heteroatoms. The molecule has 0 N–H and O–H groups in total. The molecule has 38 heavy (non-hydrogen) atoms. The Morgan fingerprint density at radius 2 is 1.66 bits per heavy atom. The normalized spacial score (nSPS) is 20.3. The van der Waals surface area contributed by atoms with Gasteiger partial charge in [0.25, 0.3) is 0 Å². The lowest BCUT2D eigenvalue weighted by molar-refractivity contribution is -0.138. The van der Waals surface area contributed by atoms with Crippen LogP contribution in [0.4, 0.5) is 22.0 Å². The number of aromatic nitrogens is 6. The summed E-state index contributed by atoms with van der Waals surface area (Å²) in [4.78, 5) is 17.9. The van der Waals surface area contributed by atoms with Gasteiger partial charge in [0, 0.05) is 24.3 Å². The van der Waals surface area contributed by atoms with Gasteiger partial charge in [0.1, 0.15) is 28.7 Å². The summed E-state index contributed by atoms with van der Waals surface area (Å²) in [5.74, 6) is -2.74. The minimum Gasteiger partial charge on any atom is -0.373 e. The summed E-state index contributed by atoms with van der Waals surface area (Å²) < 4.78 is 77.6. The fraction of sp³-hybridized carbons (Fsp3) is 0.423. The molecule has 198 valence electrons. The molecule has 1 saturated heterocycles. The number of halogens is 5. The van der Waals surface area contributed by atoms with Gasteiger partial charge in [0.05, 0.1) is 40.9 Å². The van der Waals surface area contributed by atoms with Crippen molar-refractivity contribution in [1.29, 1.82) is 0 Å². The van der Waals surface area contributed by atoms with E-state index in [0.29, 0.717) is 36.9 Å². The number of aryl methyl sites for hydroxylation is 2. The summed E-state index contributed by atoms with van der Waals surface area (Å²) in [7, 11) is 0. The minimum absolute atomic E-state index is 0.0173. The molecule has 2 atom stereocenters. The van der Waals surface area contributed by atoms with E-state index in [1.165, 1.54) is 0 Å². The van der Waals surface area contributed by atoms with Crippen LogP contribution in [0.15, 0.2) is 24.5 Å². The maximum absolute atomic E-state index is 15.1. The van der Waals surface area contributed by atoms with Crippen molar-refractivity contribution in [1.82, 2.24) is 29.7 Å². The molecular weight excluding hydrogens is 507 g/mol. The van der Waals surface area contributed by atoms with Crippen LogP contribution in [0.5, 0.6) is 0 Å². The van der Waals surface area contributed by atoms with Gasteiger partial charge < -0.3 is 4.74 Å². The van der Waals surface area contributed by atoms with Gasteiger partial charge in [0.2, 0.25) is 0 Å². The van der Waals surface area contributed by atoms with Crippen LogP contribution in [-0.2, 0) is 10.9 Å². The molecule has 0 unspecified atom stereocenters. The zero-order valence-electron chi connectivity index (χ0n) is 20.6. The predicted octanol–water partition coefficient (Wildman–Crippen LogP) is 6.17. The number of ether oxygens (including phenoxy) is 1. The van der Waals surface area contributed by atoms with E-state index in [4.69, 9.17) is 4.74 Å². The van der Waals surface area contributed by atoms with Crippen molar-refractivity contribution < 1.29 is 26.7 Å². The van der Waals surface area contributed by atoms with Crippen LogP contribution in [0.3, 0.4) is 0 Å². The van der Waals surface area contributed by atoms with E-state index in [9.17, 15) is 13.2 Å². The molecule has 6 rings (SSSR count). The first kappa shape index (κ1) is 24.8. The van der Waals surface area contributed by atoms with Crippen LogP contribution in [0, 0.1) is 25.5 Å². The summed E-state index contributed by atoms with van der Waals surface area (Å²) >= 11 is 0. The smallest absolute Gasteiger partial charge is 0.373 e. The Bertz CT molecular complexity index is 1520. The molecule has 0 radical (unpaired) electrons. The van der Waals surface area contributed by atoms with Gasteiger partial charge in [-0.05, 0) is 51.7 Å². The highest BCUT2D eigenvalue weighted by Crippen LogP contribution is 2.41. The van der Waals surface area contributed by atoms with Crippen molar-refractivity contribution in [3.63, 3.8) is 0 Å². The largest absolute Gasteiger partial charge is 0.416 e. The topological polar surface area (TPSA) is 78.6 Å². The Morgan fingerprint density at radius 1 is 0.947 bits per heavy atom. The SMILES string of the molecule is Cc1nc2nc([C@@H]3CCO[C@@H](c4cnn(C5CC5)c4)C3)nc(-c3c(F)cc(C(F)(F)F)cc3F)c2nc1C. The Morgan fingerprint density at radius 3 is 2.34 bits per heavy atom.